The van der Waals surface area contributed by atoms with Gasteiger partial charge >= 0.3 is 12.0 Å². The van der Waals surface area contributed by atoms with Crippen molar-refractivity contribution in [1.82, 2.24) is 10.2 Å². The lowest BCUT2D eigenvalue weighted by Crippen LogP contribution is -2.41. The fraction of sp³-hybridized carbons (Fsp3) is 0.231. The Bertz CT molecular complexity index is 632. The predicted molar refractivity (Wildman–Crippen MR) is 66.4 cm³/mol. The van der Waals surface area contributed by atoms with E-state index in [0.29, 0.717) is 16.0 Å². The summed E-state index contributed by atoms with van der Waals surface area (Å²) in [6.07, 6.45) is 0. The first-order chi connectivity index (χ1) is 9.38. The average molecular weight is 273 g/mol. The maximum atomic E-state index is 12.2. The van der Waals surface area contributed by atoms with Crippen LogP contribution in [0.15, 0.2) is 24.3 Å². The van der Waals surface area contributed by atoms with Gasteiger partial charge in [0.25, 0.3) is 5.91 Å². The van der Waals surface area contributed by atoms with E-state index in [-0.39, 0.29) is 0 Å². The van der Waals surface area contributed by atoms with Crippen LogP contribution >= 0.6 is 0 Å². The van der Waals surface area contributed by atoms with Crippen molar-refractivity contribution in [3.8, 4) is 6.07 Å². The molecule has 102 valence electrons. The summed E-state index contributed by atoms with van der Waals surface area (Å²) in [6, 6.07) is 7.37. The normalized spacial score (nSPS) is 21.5. The fourth-order valence-electron chi connectivity index (χ4n) is 2.05. The topological polar surface area (TPSA) is 110 Å². The van der Waals surface area contributed by atoms with Crippen LogP contribution in [-0.2, 0) is 15.1 Å². The van der Waals surface area contributed by atoms with Gasteiger partial charge in [-0.15, -0.1) is 0 Å². The van der Waals surface area contributed by atoms with Gasteiger partial charge in [-0.25, -0.2) is 4.79 Å². The molecule has 0 spiro atoms. The van der Waals surface area contributed by atoms with Crippen LogP contribution in [-0.4, -0.2) is 34.5 Å². The number of aliphatic carboxylic acids is 1. The van der Waals surface area contributed by atoms with Crippen LogP contribution in [0.25, 0.3) is 0 Å². The molecule has 0 aromatic heterocycles. The first-order valence-corrected chi connectivity index (χ1v) is 5.75. The summed E-state index contributed by atoms with van der Waals surface area (Å²) in [5.41, 5.74) is -0.403. The number of benzene rings is 1. The Morgan fingerprint density at radius 1 is 1.40 bits per heavy atom. The van der Waals surface area contributed by atoms with Crippen LogP contribution in [0.4, 0.5) is 4.79 Å². The molecule has 0 unspecified atom stereocenters. The Balaban J connectivity index is 2.35. The van der Waals surface area contributed by atoms with Crippen molar-refractivity contribution in [2.45, 2.75) is 12.5 Å². The number of hydrogen-bond acceptors (Lipinski definition) is 4. The zero-order chi connectivity index (χ0) is 14.9. The number of carbonyl (C=O) groups is 3. The van der Waals surface area contributed by atoms with Crippen molar-refractivity contribution in [2.75, 3.05) is 6.54 Å². The number of rotatable bonds is 3. The van der Waals surface area contributed by atoms with Crippen LogP contribution in [0.5, 0.6) is 0 Å². The molecule has 1 heterocycles. The quantitative estimate of drug-likeness (QED) is 0.775. The van der Waals surface area contributed by atoms with E-state index in [9.17, 15) is 14.4 Å². The summed E-state index contributed by atoms with van der Waals surface area (Å²) < 4.78 is 0. The molecule has 0 radical (unpaired) electrons. The summed E-state index contributed by atoms with van der Waals surface area (Å²) in [7, 11) is 0. The molecule has 0 bridgehead atoms. The van der Waals surface area contributed by atoms with Gasteiger partial charge in [-0.2, -0.15) is 5.26 Å². The number of urea groups is 1. The third-order valence-electron chi connectivity index (χ3n) is 3.16. The highest BCUT2D eigenvalue weighted by Gasteiger charge is 2.49. The number of nitriles is 1. The lowest BCUT2D eigenvalue weighted by molar-refractivity contribution is -0.142. The zero-order valence-electron chi connectivity index (χ0n) is 10.6. The molecule has 1 fully saturated rings. The van der Waals surface area contributed by atoms with E-state index in [0.717, 1.165) is 0 Å². The highest BCUT2D eigenvalue weighted by molar-refractivity contribution is 6.08. The lowest BCUT2D eigenvalue weighted by Gasteiger charge is -2.21. The molecule has 7 heteroatoms. The van der Waals surface area contributed by atoms with E-state index < -0.39 is 30.0 Å². The van der Waals surface area contributed by atoms with Gasteiger partial charge in [-0.05, 0) is 24.6 Å². The van der Waals surface area contributed by atoms with Crippen molar-refractivity contribution < 1.29 is 19.5 Å². The van der Waals surface area contributed by atoms with E-state index in [1.807, 2.05) is 6.07 Å². The van der Waals surface area contributed by atoms with Gasteiger partial charge in [-0.3, -0.25) is 14.5 Å². The van der Waals surface area contributed by atoms with E-state index >= 15 is 0 Å². The highest BCUT2D eigenvalue weighted by atomic mass is 16.4. The molecular formula is C13H11N3O4. The second-order valence-corrected chi connectivity index (χ2v) is 4.53. The van der Waals surface area contributed by atoms with E-state index in [1.54, 1.807) is 12.1 Å². The number of carbonyl (C=O) groups excluding carboxylic acids is 2. The minimum atomic E-state index is -1.32. The number of carboxylic acids is 1. The summed E-state index contributed by atoms with van der Waals surface area (Å²) in [5.74, 6) is -1.90. The molecule has 0 saturated carbocycles. The number of carboxylic acid groups (broad SMARTS) is 1. The van der Waals surface area contributed by atoms with Crippen molar-refractivity contribution >= 4 is 17.9 Å². The van der Waals surface area contributed by atoms with Crippen LogP contribution in [0, 0.1) is 11.3 Å². The number of nitrogens with one attached hydrogen (secondary N) is 1. The van der Waals surface area contributed by atoms with Crippen molar-refractivity contribution in [3.63, 3.8) is 0 Å². The van der Waals surface area contributed by atoms with Gasteiger partial charge in [0.15, 0.2) is 0 Å². The smallest absolute Gasteiger partial charge is 0.325 e. The van der Waals surface area contributed by atoms with Crippen LogP contribution in [0.2, 0.25) is 0 Å². The number of nitrogens with zero attached hydrogens (tertiary/aromatic N) is 2. The first kappa shape index (κ1) is 13.5. The predicted octanol–water partition coefficient (Wildman–Crippen LogP) is 0.410. The molecule has 0 aliphatic carbocycles. The second-order valence-electron chi connectivity index (χ2n) is 4.53. The van der Waals surface area contributed by atoms with Gasteiger partial charge in [0.05, 0.1) is 11.6 Å². The third-order valence-corrected chi connectivity index (χ3v) is 3.16. The van der Waals surface area contributed by atoms with E-state index in [2.05, 4.69) is 5.32 Å². The van der Waals surface area contributed by atoms with Crippen LogP contribution < -0.4 is 5.32 Å². The largest absolute Gasteiger partial charge is 0.480 e. The van der Waals surface area contributed by atoms with Crippen molar-refractivity contribution in [1.29, 1.82) is 5.26 Å². The Morgan fingerprint density at radius 3 is 2.50 bits per heavy atom. The van der Waals surface area contributed by atoms with Gasteiger partial charge in [0.1, 0.15) is 12.1 Å². The number of amides is 3. The SMILES string of the molecule is C[C@@]1(c2ccc(C#N)cc2)NC(=O)N(CC(=O)O)C1=O. The number of imide groups is 1. The minimum absolute atomic E-state index is 0.427. The molecule has 7 nitrogen and oxygen atoms in total. The van der Waals surface area contributed by atoms with Gasteiger partial charge in [-0.1, -0.05) is 12.1 Å². The molecule has 2 N–H and O–H groups in total. The van der Waals surface area contributed by atoms with Crippen molar-refractivity contribution in [3.05, 3.63) is 35.4 Å². The minimum Gasteiger partial charge on any atom is -0.480 e. The molecule has 3 amide bonds. The Kier molecular flexibility index (Phi) is 3.16. The zero-order valence-corrected chi connectivity index (χ0v) is 10.6. The summed E-state index contributed by atoms with van der Waals surface area (Å²) in [6.45, 7) is 0.813. The molecule has 2 rings (SSSR count). The molecule has 1 saturated heterocycles. The first-order valence-electron chi connectivity index (χ1n) is 5.75. The van der Waals surface area contributed by atoms with Crippen LogP contribution in [0.1, 0.15) is 18.1 Å². The van der Waals surface area contributed by atoms with Gasteiger partial charge < -0.3 is 10.4 Å². The summed E-state index contributed by atoms with van der Waals surface area (Å²) in [4.78, 5) is 35.3. The molecule has 1 aliphatic rings. The fourth-order valence-corrected chi connectivity index (χ4v) is 2.05. The molecule has 1 aliphatic heterocycles. The molecule has 20 heavy (non-hydrogen) atoms. The summed E-state index contributed by atoms with van der Waals surface area (Å²) in [5, 5.41) is 19.9. The Labute approximate surface area is 114 Å². The monoisotopic (exact) mass is 273 g/mol. The standard InChI is InChI=1S/C13H11N3O4/c1-13(9-4-2-8(6-14)3-5-9)11(19)16(7-10(17)18)12(20)15-13/h2-5H,7H2,1H3,(H,15,20)(H,17,18)/t13-/m0/s1. The van der Waals surface area contributed by atoms with E-state index in [4.69, 9.17) is 10.4 Å². The van der Waals surface area contributed by atoms with Crippen molar-refractivity contribution in [2.24, 2.45) is 0 Å². The Morgan fingerprint density at radius 2 is 2.00 bits per heavy atom. The molecule has 1 aromatic carbocycles. The number of hydrogen-bond donors (Lipinski definition) is 2. The molecule has 1 atom stereocenters. The lowest BCUT2D eigenvalue weighted by atomic mass is 9.91. The third kappa shape index (κ3) is 2.07. The van der Waals surface area contributed by atoms with Gasteiger partial charge in [0.2, 0.25) is 0 Å². The molecule has 1 aromatic rings. The average Bonchev–Trinajstić information content (AvgIpc) is 2.63. The molecular weight excluding hydrogens is 262 g/mol. The Hall–Kier alpha value is -2.88. The maximum Gasteiger partial charge on any atom is 0.325 e. The van der Waals surface area contributed by atoms with E-state index in [1.165, 1.54) is 19.1 Å². The summed E-state index contributed by atoms with van der Waals surface area (Å²) >= 11 is 0. The second kappa shape index (κ2) is 4.66. The highest BCUT2D eigenvalue weighted by Crippen LogP contribution is 2.28. The van der Waals surface area contributed by atoms with Crippen LogP contribution in [0.3, 0.4) is 0 Å². The maximum absolute atomic E-state index is 12.2. The van der Waals surface area contributed by atoms with Gasteiger partial charge in [0, 0.05) is 0 Å².